The van der Waals surface area contributed by atoms with Crippen LogP contribution in [0.3, 0.4) is 0 Å². The maximum absolute atomic E-state index is 4.55. The van der Waals surface area contributed by atoms with Crippen molar-refractivity contribution in [3.63, 3.8) is 0 Å². The van der Waals surface area contributed by atoms with Crippen molar-refractivity contribution in [3.05, 3.63) is 88.3 Å². The summed E-state index contributed by atoms with van der Waals surface area (Å²) in [5.74, 6) is 0. The van der Waals surface area contributed by atoms with Gasteiger partial charge in [-0.05, 0) is 89.5 Å². The minimum Gasteiger partial charge on any atom is -0.293 e. The standard InChI is InChI=1S/C29H41N2/c1-6-24(2)19-25(3)21-30-17-9-7-11-28-13-15-29(16-14-28)12-8-10-18-31-22-26(4)20-27(5)23-31/h6,13-16,19-23H,7-12,17-18H2,1-5H3/q+1/b24-6-,25-19-,30-21?. The number of hydrogen-bond acceptors (Lipinski definition) is 1. The van der Waals surface area contributed by atoms with Crippen LogP contribution in [-0.4, -0.2) is 12.8 Å². The molecule has 0 radical (unpaired) electrons. The zero-order valence-corrected chi connectivity index (χ0v) is 20.3. The molecule has 31 heavy (non-hydrogen) atoms. The number of rotatable bonds is 12. The first-order chi connectivity index (χ1) is 15.0. The van der Waals surface area contributed by atoms with Gasteiger partial charge in [0.15, 0.2) is 12.4 Å². The van der Waals surface area contributed by atoms with Crippen LogP contribution < -0.4 is 4.57 Å². The zero-order valence-electron chi connectivity index (χ0n) is 20.3. The molecule has 0 fully saturated rings. The smallest absolute Gasteiger partial charge is 0.171 e. The lowest BCUT2D eigenvalue weighted by Gasteiger charge is -2.04. The Labute approximate surface area is 190 Å². The van der Waals surface area contributed by atoms with Crippen molar-refractivity contribution in [1.29, 1.82) is 0 Å². The van der Waals surface area contributed by atoms with Crippen molar-refractivity contribution in [1.82, 2.24) is 0 Å². The van der Waals surface area contributed by atoms with Crippen molar-refractivity contribution in [3.8, 4) is 0 Å². The van der Waals surface area contributed by atoms with Gasteiger partial charge in [-0.15, -0.1) is 0 Å². The molecular weight excluding hydrogens is 376 g/mol. The summed E-state index contributed by atoms with van der Waals surface area (Å²) in [5, 5.41) is 0. The molecule has 2 aromatic rings. The highest BCUT2D eigenvalue weighted by molar-refractivity contribution is 5.78. The van der Waals surface area contributed by atoms with Crippen molar-refractivity contribution in [2.75, 3.05) is 6.54 Å². The first-order valence-corrected chi connectivity index (χ1v) is 11.8. The maximum Gasteiger partial charge on any atom is 0.171 e. The molecule has 0 aliphatic carbocycles. The van der Waals surface area contributed by atoms with Crippen molar-refractivity contribution < 1.29 is 4.57 Å². The van der Waals surface area contributed by atoms with Gasteiger partial charge in [0.1, 0.15) is 6.54 Å². The Hall–Kier alpha value is -2.48. The molecule has 0 unspecified atom stereocenters. The molecule has 0 saturated carbocycles. The summed E-state index contributed by atoms with van der Waals surface area (Å²) < 4.78 is 2.33. The van der Waals surface area contributed by atoms with Crippen molar-refractivity contribution in [2.45, 2.75) is 79.7 Å². The third kappa shape index (κ3) is 10.4. The molecular formula is C29H41N2+. The Kier molecular flexibility index (Phi) is 11.0. The summed E-state index contributed by atoms with van der Waals surface area (Å²) in [4.78, 5) is 4.55. The molecule has 0 saturated heterocycles. The normalized spacial score (nSPS) is 12.7. The molecule has 0 aliphatic heterocycles. The van der Waals surface area contributed by atoms with E-state index in [0.29, 0.717) is 0 Å². The molecule has 2 rings (SSSR count). The Morgan fingerprint density at radius 1 is 0.839 bits per heavy atom. The summed E-state index contributed by atoms with van der Waals surface area (Å²) in [7, 11) is 0. The van der Waals surface area contributed by atoms with E-state index in [2.05, 4.69) is 99.1 Å². The third-order valence-corrected chi connectivity index (χ3v) is 5.56. The van der Waals surface area contributed by atoms with E-state index in [4.69, 9.17) is 0 Å². The van der Waals surface area contributed by atoms with E-state index < -0.39 is 0 Å². The molecule has 0 bridgehead atoms. The third-order valence-electron chi connectivity index (χ3n) is 5.56. The van der Waals surface area contributed by atoms with Crippen molar-refractivity contribution in [2.24, 2.45) is 4.99 Å². The topological polar surface area (TPSA) is 16.2 Å². The van der Waals surface area contributed by atoms with E-state index in [-0.39, 0.29) is 0 Å². The highest BCUT2D eigenvalue weighted by Gasteiger charge is 2.03. The molecule has 1 aromatic heterocycles. The first-order valence-electron chi connectivity index (χ1n) is 11.8. The van der Waals surface area contributed by atoms with Gasteiger partial charge in [-0.3, -0.25) is 4.99 Å². The lowest BCUT2D eigenvalue weighted by Crippen LogP contribution is -2.33. The molecule has 166 valence electrons. The zero-order chi connectivity index (χ0) is 22.5. The van der Waals surface area contributed by atoms with Crippen LogP contribution in [0.1, 0.15) is 68.7 Å². The molecule has 0 aliphatic rings. The number of nitrogens with zero attached hydrogens (tertiary/aromatic N) is 2. The van der Waals surface area contributed by atoms with E-state index in [0.717, 1.165) is 25.9 Å². The molecule has 1 heterocycles. The number of allylic oxidation sites excluding steroid dienone is 4. The second-order valence-corrected chi connectivity index (χ2v) is 8.82. The number of unbranched alkanes of at least 4 members (excludes halogenated alkanes) is 2. The fourth-order valence-electron chi connectivity index (χ4n) is 3.84. The van der Waals surface area contributed by atoms with Crippen LogP contribution in [0.4, 0.5) is 0 Å². The van der Waals surface area contributed by atoms with E-state index >= 15 is 0 Å². The highest BCUT2D eigenvalue weighted by Crippen LogP contribution is 2.11. The number of aromatic nitrogens is 1. The predicted octanol–water partition coefficient (Wildman–Crippen LogP) is 6.92. The summed E-state index contributed by atoms with van der Waals surface area (Å²) >= 11 is 0. The minimum atomic E-state index is 0.913. The summed E-state index contributed by atoms with van der Waals surface area (Å²) in [6.45, 7) is 12.7. The SMILES string of the molecule is C/C=C(C)\C=C(\C)C=NCCCCc1ccc(CCCC[n+]2cc(C)cc(C)c2)cc1. The van der Waals surface area contributed by atoms with Crippen LogP contribution in [0.2, 0.25) is 0 Å². The van der Waals surface area contributed by atoms with E-state index in [9.17, 15) is 0 Å². The average Bonchev–Trinajstić information content (AvgIpc) is 2.74. The van der Waals surface area contributed by atoms with Crippen LogP contribution in [0.5, 0.6) is 0 Å². The number of hydrogen-bond donors (Lipinski definition) is 0. The van der Waals surface area contributed by atoms with Gasteiger partial charge in [-0.2, -0.15) is 0 Å². The van der Waals surface area contributed by atoms with Gasteiger partial charge in [0.2, 0.25) is 0 Å². The Morgan fingerprint density at radius 3 is 2.00 bits per heavy atom. The van der Waals surface area contributed by atoms with Crippen LogP contribution in [0, 0.1) is 13.8 Å². The molecule has 2 nitrogen and oxygen atoms in total. The largest absolute Gasteiger partial charge is 0.293 e. The maximum atomic E-state index is 4.55. The second-order valence-electron chi connectivity index (χ2n) is 8.82. The second kappa shape index (κ2) is 13.7. The molecule has 0 atom stereocenters. The Balaban J connectivity index is 1.62. The fourth-order valence-corrected chi connectivity index (χ4v) is 3.84. The number of aryl methyl sites for hydroxylation is 5. The lowest BCUT2D eigenvalue weighted by atomic mass is 10.0. The quantitative estimate of drug-likeness (QED) is 0.154. The monoisotopic (exact) mass is 417 g/mol. The van der Waals surface area contributed by atoms with Crippen LogP contribution >= 0.6 is 0 Å². The van der Waals surface area contributed by atoms with Gasteiger partial charge in [-0.1, -0.05) is 42.0 Å². The van der Waals surface area contributed by atoms with Crippen LogP contribution in [0.15, 0.2) is 71.0 Å². The van der Waals surface area contributed by atoms with Crippen molar-refractivity contribution >= 4 is 6.21 Å². The van der Waals surface area contributed by atoms with Crippen LogP contribution in [0.25, 0.3) is 0 Å². The molecule has 0 spiro atoms. The van der Waals surface area contributed by atoms with E-state index in [1.54, 1.807) is 0 Å². The van der Waals surface area contributed by atoms with Gasteiger partial charge in [0, 0.05) is 30.3 Å². The van der Waals surface area contributed by atoms with Gasteiger partial charge in [0.05, 0.1) is 0 Å². The molecule has 0 N–H and O–H groups in total. The first kappa shape index (κ1) is 24.8. The average molecular weight is 418 g/mol. The fraction of sp³-hybridized carbons (Fsp3) is 0.448. The van der Waals surface area contributed by atoms with Gasteiger partial charge < -0.3 is 0 Å². The highest BCUT2D eigenvalue weighted by atomic mass is 14.9. The molecule has 1 aromatic carbocycles. The predicted molar refractivity (Wildman–Crippen MR) is 135 cm³/mol. The van der Waals surface area contributed by atoms with Crippen LogP contribution in [-0.2, 0) is 19.4 Å². The minimum absolute atomic E-state index is 0.913. The number of aliphatic imine (C=N–C) groups is 1. The Bertz CT molecular complexity index is 865. The van der Waals surface area contributed by atoms with Gasteiger partial charge in [-0.25, -0.2) is 4.57 Å². The van der Waals surface area contributed by atoms with E-state index in [1.165, 1.54) is 59.1 Å². The van der Waals surface area contributed by atoms with Gasteiger partial charge in [0.25, 0.3) is 0 Å². The molecule has 0 amide bonds. The summed E-state index contributed by atoms with van der Waals surface area (Å²) in [6, 6.07) is 11.5. The summed E-state index contributed by atoms with van der Waals surface area (Å²) in [6.07, 6.45) is 17.9. The number of benzene rings is 1. The summed E-state index contributed by atoms with van der Waals surface area (Å²) in [5.41, 5.74) is 8.09. The lowest BCUT2D eigenvalue weighted by molar-refractivity contribution is -0.698. The Morgan fingerprint density at radius 2 is 1.42 bits per heavy atom. The van der Waals surface area contributed by atoms with Gasteiger partial charge >= 0.3 is 0 Å². The molecule has 2 heteroatoms. The van der Waals surface area contributed by atoms with E-state index in [1.807, 2.05) is 6.21 Å². The number of pyridine rings is 1.